The van der Waals surface area contributed by atoms with Crippen LogP contribution in [-0.4, -0.2) is 67.6 Å². The summed E-state index contributed by atoms with van der Waals surface area (Å²) >= 11 is 0. The summed E-state index contributed by atoms with van der Waals surface area (Å²) in [5.74, 6) is 1.41. The molecule has 172 valence electrons. The van der Waals surface area contributed by atoms with Crippen molar-refractivity contribution in [2.24, 2.45) is 5.92 Å². The average molecular weight is 441 g/mol. The molecule has 1 aromatic heterocycles. The number of hydrogen-bond acceptors (Lipinski definition) is 5. The van der Waals surface area contributed by atoms with E-state index in [9.17, 15) is 9.59 Å². The van der Waals surface area contributed by atoms with Crippen LogP contribution in [0.15, 0.2) is 47.1 Å². The highest BCUT2D eigenvalue weighted by atomic mass is 16.5. The molecule has 1 aromatic carbocycles. The lowest BCUT2D eigenvalue weighted by molar-refractivity contribution is -0.142. The SMILES string of the molecule is COc1cccc(C[C@H](C2CCN(C(=O)[C@@H]3CCCO3)CC2)N(C)C(=O)c2ccco2)c1. The van der Waals surface area contributed by atoms with Crippen molar-refractivity contribution in [2.75, 3.05) is 33.9 Å². The van der Waals surface area contributed by atoms with Crippen molar-refractivity contribution < 1.29 is 23.5 Å². The van der Waals surface area contributed by atoms with E-state index in [0.29, 0.717) is 31.9 Å². The van der Waals surface area contributed by atoms with Crippen LogP contribution in [0.2, 0.25) is 0 Å². The standard InChI is InChI=1S/C25H32N2O5/c1-26(24(28)22-8-4-14-31-22)21(17-18-6-3-7-20(16-18)30-2)19-10-12-27(13-11-19)25(29)23-9-5-15-32-23/h3-4,6-8,14,16,19,21,23H,5,9-13,15,17H2,1-2H3/t21-,23+/m1/s1. The van der Waals surface area contributed by atoms with Gasteiger partial charge in [0.15, 0.2) is 5.76 Å². The number of ether oxygens (including phenoxy) is 2. The lowest BCUT2D eigenvalue weighted by Crippen LogP contribution is -2.50. The largest absolute Gasteiger partial charge is 0.497 e. The summed E-state index contributed by atoms with van der Waals surface area (Å²) in [6.45, 7) is 2.07. The first-order valence-electron chi connectivity index (χ1n) is 11.4. The number of furan rings is 1. The number of rotatable bonds is 7. The van der Waals surface area contributed by atoms with Gasteiger partial charge in [-0.2, -0.15) is 0 Å². The second-order valence-corrected chi connectivity index (χ2v) is 8.68. The molecule has 2 fully saturated rings. The Morgan fingerprint density at radius 2 is 2.00 bits per heavy atom. The van der Waals surface area contributed by atoms with Crippen molar-refractivity contribution in [2.45, 2.75) is 44.2 Å². The number of amides is 2. The molecule has 2 amide bonds. The molecule has 2 atom stereocenters. The van der Waals surface area contributed by atoms with E-state index in [1.165, 1.54) is 6.26 Å². The summed E-state index contributed by atoms with van der Waals surface area (Å²) in [6.07, 6.45) is 5.43. The molecule has 0 unspecified atom stereocenters. The van der Waals surface area contributed by atoms with E-state index in [4.69, 9.17) is 13.9 Å². The van der Waals surface area contributed by atoms with E-state index in [1.54, 1.807) is 24.1 Å². The van der Waals surface area contributed by atoms with Gasteiger partial charge >= 0.3 is 0 Å². The van der Waals surface area contributed by atoms with Crippen molar-refractivity contribution in [1.29, 1.82) is 0 Å². The number of benzene rings is 1. The molecule has 0 spiro atoms. The van der Waals surface area contributed by atoms with Gasteiger partial charge in [-0.3, -0.25) is 9.59 Å². The molecule has 7 nitrogen and oxygen atoms in total. The minimum atomic E-state index is -0.276. The summed E-state index contributed by atoms with van der Waals surface area (Å²) in [4.78, 5) is 29.6. The van der Waals surface area contributed by atoms with Crippen LogP contribution in [0.5, 0.6) is 5.75 Å². The highest BCUT2D eigenvalue weighted by Gasteiger charge is 2.36. The van der Waals surface area contributed by atoms with Gasteiger partial charge in [-0.1, -0.05) is 12.1 Å². The molecule has 2 aliphatic rings. The maximum Gasteiger partial charge on any atom is 0.289 e. The molecule has 0 bridgehead atoms. The number of hydrogen-bond donors (Lipinski definition) is 0. The molecule has 4 rings (SSSR count). The molecular formula is C25H32N2O5. The zero-order valence-electron chi connectivity index (χ0n) is 18.9. The third kappa shape index (κ3) is 4.99. The third-order valence-electron chi connectivity index (χ3n) is 6.73. The second-order valence-electron chi connectivity index (χ2n) is 8.68. The first kappa shape index (κ1) is 22.4. The fraction of sp³-hybridized carbons (Fsp3) is 0.520. The molecule has 2 aliphatic heterocycles. The first-order chi connectivity index (χ1) is 15.6. The van der Waals surface area contributed by atoms with Crippen molar-refractivity contribution in [1.82, 2.24) is 9.80 Å². The van der Waals surface area contributed by atoms with Crippen LogP contribution in [0.25, 0.3) is 0 Å². The van der Waals surface area contributed by atoms with Crippen LogP contribution in [-0.2, 0) is 16.0 Å². The summed E-state index contributed by atoms with van der Waals surface area (Å²) in [5.41, 5.74) is 1.12. The minimum Gasteiger partial charge on any atom is -0.497 e. The van der Waals surface area contributed by atoms with Crippen LogP contribution in [0.3, 0.4) is 0 Å². The zero-order chi connectivity index (χ0) is 22.5. The van der Waals surface area contributed by atoms with Crippen molar-refractivity contribution in [3.8, 4) is 5.75 Å². The van der Waals surface area contributed by atoms with E-state index < -0.39 is 0 Å². The Balaban J connectivity index is 1.48. The quantitative estimate of drug-likeness (QED) is 0.660. The molecule has 32 heavy (non-hydrogen) atoms. The van der Waals surface area contributed by atoms with Gasteiger partial charge in [0.05, 0.1) is 13.4 Å². The van der Waals surface area contributed by atoms with E-state index in [2.05, 4.69) is 6.07 Å². The Morgan fingerprint density at radius 3 is 2.66 bits per heavy atom. The molecule has 7 heteroatoms. The number of methoxy groups -OCH3 is 1. The Kier molecular flexibility index (Phi) is 7.15. The molecule has 2 saturated heterocycles. The number of nitrogens with zero attached hydrogens (tertiary/aromatic N) is 2. The number of piperidine rings is 1. The van der Waals surface area contributed by atoms with Gasteiger partial charge in [-0.15, -0.1) is 0 Å². The van der Waals surface area contributed by atoms with Crippen LogP contribution < -0.4 is 4.74 Å². The number of carbonyl (C=O) groups is 2. The van der Waals surface area contributed by atoms with Gasteiger partial charge in [0, 0.05) is 32.8 Å². The fourth-order valence-corrected chi connectivity index (χ4v) is 4.87. The summed E-state index contributed by atoms with van der Waals surface area (Å²) in [7, 11) is 3.50. The maximum absolute atomic E-state index is 13.1. The first-order valence-corrected chi connectivity index (χ1v) is 11.4. The van der Waals surface area contributed by atoms with Crippen LogP contribution in [0.1, 0.15) is 41.8 Å². The van der Waals surface area contributed by atoms with Gasteiger partial charge in [-0.05, 0) is 67.9 Å². The van der Waals surface area contributed by atoms with Crippen LogP contribution in [0, 0.1) is 5.92 Å². The Bertz CT molecular complexity index is 899. The van der Waals surface area contributed by atoms with Crippen molar-refractivity contribution in [3.63, 3.8) is 0 Å². The molecule has 3 heterocycles. The smallest absolute Gasteiger partial charge is 0.289 e. The highest BCUT2D eigenvalue weighted by Crippen LogP contribution is 2.29. The minimum absolute atomic E-state index is 0.0142. The fourth-order valence-electron chi connectivity index (χ4n) is 4.87. The Morgan fingerprint density at radius 1 is 1.19 bits per heavy atom. The summed E-state index contributed by atoms with van der Waals surface area (Å²) in [5, 5.41) is 0. The van der Waals surface area contributed by atoms with E-state index >= 15 is 0 Å². The Labute approximate surface area is 189 Å². The van der Waals surface area contributed by atoms with E-state index in [-0.39, 0.29) is 29.9 Å². The Hall–Kier alpha value is -2.80. The second kappa shape index (κ2) is 10.2. The molecular weight excluding hydrogens is 408 g/mol. The maximum atomic E-state index is 13.1. The highest BCUT2D eigenvalue weighted by molar-refractivity contribution is 5.91. The molecule has 0 radical (unpaired) electrons. The van der Waals surface area contributed by atoms with Gasteiger partial charge in [-0.25, -0.2) is 0 Å². The summed E-state index contributed by atoms with van der Waals surface area (Å²) in [6, 6.07) is 11.4. The van der Waals surface area contributed by atoms with E-state index in [0.717, 1.165) is 37.0 Å². The number of likely N-dealkylation sites (N-methyl/N-ethyl adjacent to an activating group) is 1. The topological polar surface area (TPSA) is 72.2 Å². The number of likely N-dealkylation sites (tertiary alicyclic amines) is 1. The molecule has 2 aromatic rings. The zero-order valence-corrected chi connectivity index (χ0v) is 18.9. The monoisotopic (exact) mass is 440 g/mol. The van der Waals surface area contributed by atoms with E-state index in [1.807, 2.05) is 30.1 Å². The van der Waals surface area contributed by atoms with Crippen molar-refractivity contribution in [3.05, 3.63) is 54.0 Å². The third-order valence-corrected chi connectivity index (χ3v) is 6.73. The van der Waals surface area contributed by atoms with Crippen LogP contribution >= 0.6 is 0 Å². The average Bonchev–Trinajstić information content (AvgIpc) is 3.56. The molecule has 0 saturated carbocycles. The lowest BCUT2D eigenvalue weighted by Gasteiger charge is -2.40. The van der Waals surface area contributed by atoms with Gasteiger partial charge < -0.3 is 23.7 Å². The normalized spacial score (nSPS) is 20.2. The predicted molar refractivity (Wildman–Crippen MR) is 120 cm³/mol. The number of carbonyl (C=O) groups excluding carboxylic acids is 2. The molecule has 0 aliphatic carbocycles. The lowest BCUT2D eigenvalue weighted by atomic mass is 9.84. The van der Waals surface area contributed by atoms with Gasteiger partial charge in [0.1, 0.15) is 11.9 Å². The predicted octanol–water partition coefficient (Wildman–Crippen LogP) is 3.39. The van der Waals surface area contributed by atoms with Gasteiger partial charge in [0.25, 0.3) is 11.8 Å². The van der Waals surface area contributed by atoms with Gasteiger partial charge in [0.2, 0.25) is 0 Å². The van der Waals surface area contributed by atoms with Crippen LogP contribution in [0.4, 0.5) is 0 Å². The summed E-state index contributed by atoms with van der Waals surface area (Å²) < 4.78 is 16.3. The van der Waals surface area contributed by atoms with Crippen molar-refractivity contribution >= 4 is 11.8 Å². The molecule has 0 N–H and O–H groups in total.